The first kappa shape index (κ1) is 14.3. The molecule has 8 heteroatoms. The Kier molecular flexibility index (Phi) is 6.60. The summed E-state index contributed by atoms with van der Waals surface area (Å²) >= 11 is 0. The molecule has 0 aromatic rings. The molecular formula is C10H16N4O4. The van der Waals surface area contributed by atoms with Gasteiger partial charge >= 0.3 is 5.97 Å². The Labute approximate surface area is 104 Å². The second-order valence-electron chi connectivity index (χ2n) is 3.73. The quantitative estimate of drug-likeness (QED) is 0.281. The van der Waals surface area contributed by atoms with Crippen LogP contribution in [-0.2, 0) is 19.2 Å². The summed E-state index contributed by atoms with van der Waals surface area (Å²) in [5, 5.41) is 4.42. The molecule has 0 aliphatic carbocycles. The molecule has 100 valence electrons. The van der Waals surface area contributed by atoms with E-state index in [1.165, 1.54) is 0 Å². The van der Waals surface area contributed by atoms with Crippen molar-refractivity contribution in [2.45, 2.75) is 25.7 Å². The summed E-state index contributed by atoms with van der Waals surface area (Å²) in [6.45, 7) is 1.49. The summed E-state index contributed by atoms with van der Waals surface area (Å²) in [5.41, 5.74) is 8.01. The minimum Gasteiger partial charge on any atom is -0.381 e. The van der Waals surface area contributed by atoms with Crippen LogP contribution in [0.3, 0.4) is 0 Å². The van der Waals surface area contributed by atoms with Crippen LogP contribution in [-0.4, -0.2) is 43.2 Å². The monoisotopic (exact) mass is 256 g/mol. The number of carbonyl (C=O) groups excluding carboxylic acids is 2. The topological polar surface area (TPSA) is 105 Å². The van der Waals surface area contributed by atoms with Gasteiger partial charge in [-0.2, -0.15) is 5.06 Å². The van der Waals surface area contributed by atoms with E-state index in [1.807, 2.05) is 0 Å². The van der Waals surface area contributed by atoms with Crippen molar-refractivity contribution in [1.29, 1.82) is 0 Å². The lowest BCUT2D eigenvalue weighted by Crippen LogP contribution is -2.28. The highest BCUT2D eigenvalue weighted by molar-refractivity contribution is 5.79. The predicted molar refractivity (Wildman–Crippen MR) is 61.1 cm³/mol. The van der Waals surface area contributed by atoms with Crippen LogP contribution < -0.4 is 0 Å². The molecule has 0 radical (unpaired) electrons. The third kappa shape index (κ3) is 5.51. The van der Waals surface area contributed by atoms with Gasteiger partial charge in [-0.15, -0.1) is 0 Å². The molecule has 1 aliphatic heterocycles. The van der Waals surface area contributed by atoms with E-state index in [4.69, 9.17) is 15.1 Å². The summed E-state index contributed by atoms with van der Waals surface area (Å²) in [6.07, 6.45) is 1.88. The number of rotatable bonds is 8. The van der Waals surface area contributed by atoms with Crippen molar-refractivity contribution in [3.05, 3.63) is 10.4 Å². The number of carbonyl (C=O) groups is 2. The highest BCUT2D eigenvalue weighted by Crippen LogP contribution is 2.10. The molecule has 1 rings (SSSR count). The van der Waals surface area contributed by atoms with Gasteiger partial charge in [0.25, 0.3) is 5.91 Å². The molecule has 1 heterocycles. The lowest BCUT2D eigenvalue weighted by Gasteiger charge is -2.14. The van der Waals surface area contributed by atoms with Crippen LogP contribution in [0.5, 0.6) is 0 Å². The van der Waals surface area contributed by atoms with Crippen LogP contribution in [0.2, 0.25) is 0 Å². The van der Waals surface area contributed by atoms with Gasteiger partial charge < -0.3 is 9.57 Å². The van der Waals surface area contributed by atoms with Gasteiger partial charge in [0.05, 0.1) is 19.6 Å². The molecule has 1 saturated heterocycles. The van der Waals surface area contributed by atoms with Crippen molar-refractivity contribution in [1.82, 2.24) is 5.06 Å². The van der Waals surface area contributed by atoms with Gasteiger partial charge in [-0.25, -0.2) is 4.79 Å². The summed E-state index contributed by atoms with van der Waals surface area (Å²) < 4.78 is 5.12. The van der Waals surface area contributed by atoms with Gasteiger partial charge in [0.15, 0.2) is 0 Å². The third-order valence-corrected chi connectivity index (χ3v) is 2.31. The van der Waals surface area contributed by atoms with E-state index in [0.717, 1.165) is 11.5 Å². The fourth-order valence-electron chi connectivity index (χ4n) is 1.46. The Bertz CT molecular complexity index is 341. The van der Waals surface area contributed by atoms with Crippen LogP contribution in [0.1, 0.15) is 25.7 Å². The second kappa shape index (κ2) is 8.32. The number of hydroxylamine groups is 2. The first-order valence-corrected chi connectivity index (χ1v) is 5.84. The van der Waals surface area contributed by atoms with Crippen molar-refractivity contribution in [3.8, 4) is 0 Å². The number of nitrogens with zero attached hydrogens (tertiary/aromatic N) is 4. The summed E-state index contributed by atoms with van der Waals surface area (Å²) in [6, 6.07) is 0. The zero-order valence-electron chi connectivity index (χ0n) is 10.1. The zero-order chi connectivity index (χ0) is 13.2. The molecule has 0 aromatic carbocycles. The Morgan fingerprint density at radius 1 is 1.50 bits per heavy atom. The largest absolute Gasteiger partial charge is 0.381 e. The fourth-order valence-corrected chi connectivity index (χ4v) is 1.46. The maximum absolute atomic E-state index is 11.3. The van der Waals surface area contributed by atoms with Gasteiger partial charge in [0.2, 0.25) is 0 Å². The Balaban J connectivity index is 2.00. The first-order chi connectivity index (χ1) is 8.74. The van der Waals surface area contributed by atoms with Crippen LogP contribution >= 0.6 is 0 Å². The standard InChI is InChI=1S/C10H16N4O4/c11-13-12-5-8-17-7-2-4-10(16)18-14-6-1-3-9(14)15/h1-8H2. The van der Waals surface area contributed by atoms with E-state index in [-0.39, 0.29) is 18.9 Å². The molecule has 1 aliphatic rings. The predicted octanol–water partition coefficient (Wildman–Crippen LogP) is 1.17. The van der Waals surface area contributed by atoms with E-state index in [0.29, 0.717) is 32.6 Å². The molecule has 0 N–H and O–H groups in total. The molecule has 0 saturated carbocycles. The normalized spacial score (nSPS) is 14.4. The molecule has 1 amide bonds. The van der Waals surface area contributed by atoms with E-state index in [9.17, 15) is 9.59 Å². The molecule has 1 fully saturated rings. The molecule has 0 aromatic heterocycles. The zero-order valence-corrected chi connectivity index (χ0v) is 10.1. The lowest BCUT2D eigenvalue weighted by molar-refractivity contribution is -0.193. The molecule has 0 bridgehead atoms. The highest BCUT2D eigenvalue weighted by Gasteiger charge is 2.23. The van der Waals surface area contributed by atoms with E-state index >= 15 is 0 Å². The SMILES string of the molecule is [N-]=[N+]=NCCOCCCC(=O)ON1CCCC1=O. The summed E-state index contributed by atoms with van der Waals surface area (Å²) in [5.74, 6) is -0.571. The number of ether oxygens (including phenoxy) is 1. The van der Waals surface area contributed by atoms with Crippen LogP contribution in [0.4, 0.5) is 0 Å². The fraction of sp³-hybridized carbons (Fsp3) is 0.800. The van der Waals surface area contributed by atoms with Crippen molar-refractivity contribution >= 4 is 11.9 Å². The molecule has 0 atom stereocenters. The van der Waals surface area contributed by atoms with Crippen LogP contribution in [0.25, 0.3) is 10.4 Å². The van der Waals surface area contributed by atoms with Gasteiger partial charge in [-0.1, -0.05) is 5.11 Å². The average molecular weight is 256 g/mol. The minimum atomic E-state index is -0.427. The summed E-state index contributed by atoms with van der Waals surface area (Å²) in [7, 11) is 0. The maximum atomic E-state index is 11.3. The van der Waals surface area contributed by atoms with Crippen molar-refractivity contribution in [2.75, 3.05) is 26.3 Å². The van der Waals surface area contributed by atoms with Crippen molar-refractivity contribution in [3.63, 3.8) is 0 Å². The van der Waals surface area contributed by atoms with Gasteiger partial charge in [0, 0.05) is 24.5 Å². The Morgan fingerprint density at radius 3 is 3.00 bits per heavy atom. The molecule has 0 unspecified atom stereocenters. The highest BCUT2D eigenvalue weighted by atomic mass is 16.7. The molecule has 8 nitrogen and oxygen atoms in total. The first-order valence-electron chi connectivity index (χ1n) is 5.84. The Hall–Kier alpha value is -1.79. The minimum absolute atomic E-state index is 0.144. The molecular weight excluding hydrogens is 240 g/mol. The van der Waals surface area contributed by atoms with Crippen LogP contribution in [0.15, 0.2) is 5.11 Å². The maximum Gasteiger partial charge on any atom is 0.332 e. The number of azide groups is 1. The molecule has 18 heavy (non-hydrogen) atoms. The third-order valence-electron chi connectivity index (χ3n) is 2.31. The number of hydrogen-bond acceptors (Lipinski definition) is 5. The average Bonchev–Trinajstić information content (AvgIpc) is 2.74. The second-order valence-corrected chi connectivity index (χ2v) is 3.73. The van der Waals surface area contributed by atoms with Gasteiger partial charge in [0.1, 0.15) is 0 Å². The Morgan fingerprint density at radius 2 is 2.33 bits per heavy atom. The molecule has 0 spiro atoms. The van der Waals surface area contributed by atoms with Gasteiger partial charge in [-0.3, -0.25) is 4.79 Å². The van der Waals surface area contributed by atoms with Crippen molar-refractivity contribution in [2.24, 2.45) is 5.11 Å². The van der Waals surface area contributed by atoms with Crippen molar-refractivity contribution < 1.29 is 19.2 Å². The van der Waals surface area contributed by atoms with E-state index < -0.39 is 5.97 Å². The lowest BCUT2D eigenvalue weighted by atomic mass is 10.3. The van der Waals surface area contributed by atoms with E-state index in [1.54, 1.807) is 0 Å². The number of hydrogen-bond donors (Lipinski definition) is 0. The van der Waals surface area contributed by atoms with Gasteiger partial charge in [-0.05, 0) is 18.4 Å². The smallest absolute Gasteiger partial charge is 0.332 e. The van der Waals surface area contributed by atoms with E-state index in [2.05, 4.69) is 10.0 Å². The number of amides is 1. The van der Waals surface area contributed by atoms with Crippen LogP contribution in [0, 0.1) is 0 Å². The summed E-state index contributed by atoms with van der Waals surface area (Å²) in [4.78, 5) is 30.0.